The van der Waals surface area contributed by atoms with Gasteiger partial charge in [-0.25, -0.2) is 4.21 Å². The van der Waals surface area contributed by atoms with E-state index in [2.05, 4.69) is 32.0 Å². The Bertz CT molecular complexity index is 617. The van der Waals surface area contributed by atoms with Gasteiger partial charge in [0.25, 0.3) is 0 Å². The van der Waals surface area contributed by atoms with E-state index in [1.807, 2.05) is 6.07 Å². The SMILES string of the molecule is CCCCCCCCCC1=C(CCCCCCCCC)S(=O)c2ccccc21. The van der Waals surface area contributed by atoms with Gasteiger partial charge in [0, 0.05) is 4.91 Å². The molecule has 2 heteroatoms. The normalized spacial score (nSPS) is 16.0. The van der Waals surface area contributed by atoms with Crippen LogP contribution in [0.3, 0.4) is 0 Å². The van der Waals surface area contributed by atoms with Crippen LogP contribution in [0.15, 0.2) is 34.1 Å². The van der Waals surface area contributed by atoms with E-state index >= 15 is 0 Å². The van der Waals surface area contributed by atoms with Gasteiger partial charge in [0.2, 0.25) is 0 Å². The van der Waals surface area contributed by atoms with Crippen LogP contribution in [0.25, 0.3) is 5.57 Å². The van der Waals surface area contributed by atoms with E-state index in [0.717, 1.165) is 17.7 Å². The summed E-state index contributed by atoms with van der Waals surface area (Å²) < 4.78 is 13.1. The first kappa shape index (κ1) is 23.4. The first-order valence-electron chi connectivity index (χ1n) is 12.0. The minimum absolute atomic E-state index is 0.908. The highest BCUT2D eigenvalue weighted by molar-refractivity contribution is 7.89. The van der Waals surface area contributed by atoms with Crippen molar-refractivity contribution < 1.29 is 4.21 Å². The molecule has 1 atom stereocenters. The van der Waals surface area contributed by atoms with Crippen molar-refractivity contribution in [1.29, 1.82) is 0 Å². The minimum atomic E-state index is -0.908. The molecule has 1 aliphatic rings. The molecule has 0 spiro atoms. The van der Waals surface area contributed by atoms with Gasteiger partial charge in [0.15, 0.2) is 0 Å². The van der Waals surface area contributed by atoms with E-state index in [-0.39, 0.29) is 0 Å². The Kier molecular flexibility index (Phi) is 11.8. The molecule has 1 aromatic rings. The van der Waals surface area contributed by atoms with Crippen LogP contribution in [0, 0.1) is 0 Å². The third-order valence-electron chi connectivity index (χ3n) is 6.01. The average Bonchev–Trinajstić information content (AvgIpc) is 2.98. The van der Waals surface area contributed by atoms with Crippen LogP contribution >= 0.6 is 0 Å². The van der Waals surface area contributed by atoms with Gasteiger partial charge < -0.3 is 0 Å². The molecule has 0 N–H and O–H groups in total. The number of hydrogen-bond acceptors (Lipinski definition) is 1. The molecule has 0 aromatic heterocycles. The zero-order valence-corrected chi connectivity index (χ0v) is 19.3. The summed E-state index contributed by atoms with van der Waals surface area (Å²) in [6.45, 7) is 4.54. The second-order valence-electron chi connectivity index (χ2n) is 8.41. The van der Waals surface area contributed by atoms with Crippen LogP contribution in [0.1, 0.15) is 122 Å². The fourth-order valence-electron chi connectivity index (χ4n) is 4.29. The van der Waals surface area contributed by atoms with Gasteiger partial charge in [0.1, 0.15) is 0 Å². The Hall–Kier alpha value is -0.890. The Morgan fingerprint density at radius 1 is 0.643 bits per heavy atom. The van der Waals surface area contributed by atoms with Crippen LogP contribution in [0.4, 0.5) is 0 Å². The lowest BCUT2D eigenvalue weighted by molar-refractivity contribution is 0.589. The molecule has 0 bridgehead atoms. The van der Waals surface area contributed by atoms with Gasteiger partial charge in [-0.05, 0) is 42.9 Å². The minimum Gasteiger partial charge on any atom is -0.249 e. The summed E-state index contributed by atoms with van der Waals surface area (Å²) in [5.41, 5.74) is 2.71. The van der Waals surface area contributed by atoms with Crippen LogP contribution in [-0.4, -0.2) is 4.21 Å². The topological polar surface area (TPSA) is 17.1 Å². The molecule has 0 radical (unpaired) electrons. The lowest BCUT2D eigenvalue weighted by Gasteiger charge is -2.08. The predicted octanol–water partition coefficient (Wildman–Crippen LogP) is 8.80. The molecule has 0 fully saturated rings. The monoisotopic (exact) mass is 402 g/mol. The van der Waals surface area contributed by atoms with Crippen molar-refractivity contribution in [1.82, 2.24) is 0 Å². The van der Waals surface area contributed by atoms with Crippen molar-refractivity contribution in [3.63, 3.8) is 0 Å². The van der Waals surface area contributed by atoms with Crippen molar-refractivity contribution in [2.24, 2.45) is 0 Å². The van der Waals surface area contributed by atoms with Crippen molar-refractivity contribution in [2.45, 2.75) is 121 Å². The second kappa shape index (κ2) is 14.1. The number of benzene rings is 1. The van der Waals surface area contributed by atoms with E-state index in [9.17, 15) is 4.21 Å². The first-order valence-corrected chi connectivity index (χ1v) is 13.2. The van der Waals surface area contributed by atoms with E-state index in [1.54, 1.807) is 0 Å². The maximum absolute atomic E-state index is 13.1. The average molecular weight is 403 g/mol. The highest BCUT2D eigenvalue weighted by Gasteiger charge is 2.27. The molecular weight excluding hydrogens is 360 g/mol. The van der Waals surface area contributed by atoms with Crippen molar-refractivity contribution in [2.75, 3.05) is 0 Å². The quantitative estimate of drug-likeness (QED) is 0.252. The summed E-state index contributed by atoms with van der Waals surface area (Å²) in [7, 11) is -0.908. The molecule has 1 aromatic carbocycles. The molecule has 0 aliphatic carbocycles. The van der Waals surface area contributed by atoms with E-state index in [0.29, 0.717) is 0 Å². The molecule has 1 aliphatic heterocycles. The first-order chi connectivity index (χ1) is 13.8. The summed E-state index contributed by atoms with van der Waals surface area (Å²) in [6, 6.07) is 8.42. The molecule has 1 nitrogen and oxygen atoms in total. The molecular formula is C26H42OS. The smallest absolute Gasteiger partial charge is 0.0817 e. The molecule has 1 unspecified atom stereocenters. The maximum atomic E-state index is 13.1. The Morgan fingerprint density at radius 3 is 1.75 bits per heavy atom. The van der Waals surface area contributed by atoms with Gasteiger partial charge in [-0.1, -0.05) is 109 Å². The fourth-order valence-corrected chi connectivity index (χ4v) is 5.92. The van der Waals surface area contributed by atoms with Crippen molar-refractivity contribution >= 4 is 16.4 Å². The van der Waals surface area contributed by atoms with Crippen molar-refractivity contribution in [3.05, 3.63) is 34.7 Å². The van der Waals surface area contributed by atoms with Gasteiger partial charge >= 0.3 is 0 Å². The molecule has 28 heavy (non-hydrogen) atoms. The van der Waals surface area contributed by atoms with E-state index in [4.69, 9.17) is 0 Å². The fraction of sp³-hybridized carbons (Fsp3) is 0.692. The van der Waals surface area contributed by atoms with Gasteiger partial charge in [-0.15, -0.1) is 0 Å². The van der Waals surface area contributed by atoms with Gasteiger partial charge in [-0.2, -0.15) is 0 Å². The molecule has 0 amide bonds. The predicted molar refractivity (Wildman–Crippen MR) is 125 cm³/mol. The number of hydrogen-bond donors (Lipinski definition) is 0. The molecule has 0 saturated heterocycles. The number of rotatable bonds is 16. The van der Waals surface area contributed by atoms with E-state index < -0.39 is 10.8 Å². The van der Waals surface area contributed by atoms with Crippen LogP contribution in [-0.2, 0) is 10.8 Å². The molecule has 0 saturated carbocycles. The molecule has 158 valence electrons. The summed E-state index contributed by atoms with van der Waals surface area (Å²) >= 11 is 0. The molecule has 1 heterocycles. The van der Waals surface area contributed by atoms with Crippen LogP contribution < -0.4 is 0 Å². The maximum Gasteiger partial charge on any atom is 0.0817 e. The van der Waals surface area contributed by atoms with Crippen LogP contribution in [0.2, 0.25) is 0 Å². The highest BCUT2D eigenvalue weighted by Crippen LogP contribution is 2.41. The summed E-state index contributed by atoms with van der Waals surface area (Å²) in [4.78, 5) is 2.32. The molecule has 2 rings (SSSR count). The van der Waals surface area contributed by atoms with E-state index in [1.165, 1.54) is 106 Å². The highest BCUT2D eigenvalue weighted by atomic mass is 32.2. The van der Waals surface area contributed by atoms with Gasteiger partial charge in [-0.3, -0.25) is 0 Å². The summed E-state index contributed by atoms with van der Waals surface area (Å²) in [6.07, 6.45) is 20.7. The summed E-state index contributed by atoms with van der Waals surface area (Å²) in [5.74, 6) is 0. The third-order valence-corrected chi connectivity index (χ3v) is 7.66. The lowest BCUT2D eigenvalue weighted by atomic mass is 9.97. The van der Waals surface area contributed by atoms with Gasteiger partial charge in [0.05, 0.1) is 15.7 Å². The third kappa shape index (κ3) is 7.50. The Labute approximate surface area is 176 Å². The lowest BCUT2D eigenvalue weighted by Crippen LogP contribution is -1.93. The zero-order chi connectivity index (χ0) is 20.0. The van der Waals surface area contributed by atoms with Crippen molar-refractivity contribution in [3.8, 4) is 0 Å². The number of fused-ring (bicyclic) bond motifs is 1. The standard InChI is InChI=1S/C26H42OS/c1-3-5-7-9-11-13-15-19-23-24-20-17-18-22-26(24)28(27)25(23)21-16-14-12-10-8-6-4-2/h17-18,20,22H,3-16,19,21H2,1-2H3. The van der Waals surface area contributed by atoms with Crippen LogP contribution in [0.5, 0.6) is 0 Å². The zero-order valence-electron chi connectivity index (χ0n) is 18.4. The summed E-state index contributed by atoms with van der Waals surface area (Å²) in [5, 5.41) is 0. The Balaban J connectivity index is 1.84. The largest absolute Gasteiger partial charge is 0.249 e. The number of allylic oxidation sites excluding steroid dienone is 2. The number of unbranched alkanes of at least 4 members (excludes halogenated alkanes) is 12. The second-order valence-corrected chi connectivity index (χ2v) is 9.88. The Morgan fingerprint density at radius 2 is 1.14 bits per heavy atom.